The molecule has 2 heterocycles. The number of thiophene rings is 1. The Morgan fingerprint density at radius 3 is 3.00 bits per heavy atom. The number of hydrogen-bond donors (Lipinski definition) is 1. The topological polar surface area (TPSA) is 21.3 Å². The van der Waals surface area contributed by atoms with E-state index in [-0.39, 0.29) is 0 Å². The lowest BCUT2D eigenvalue weighted by Crippen LogP contribution is -2.43. The third kappa shape index (κ3) is 3.05. The quantitative estimate of drug-likeness (QED) is 0.908. The third-order valence-corrected chi connectivity index (χ3v) is 4.84. The molecule has 0 spiro atoms. The molecule has 3 heteroatoms. The molecule has 1 aromatic heterocycles. The Morgan fingerprint density at radius 2 is 2.20 bits per heavy atom. The molecular weight excluding hydrogens is 266 g/mol. The number of para-hydroxylation sites is 1. The maximum absolute atomic E-state index is 5.95. The van der Waals surface area contributed by atoms with Crippen molar-refractivity contribution in [2.24, 2.45) is 5.92 Å². The van der Waals surface area contributed by atoms with Crippen molar-refractivity contribution < 1.29 is 4.74 Å². The van der Waals surface area contributed by atoms with Gasteiger partial charge in [0.05, 0.1) is 6.61 Å². The molecule has 2 nitrogen and oxygen atoms in total. The summed E-state index contributed by atoms with van der Waals surface area (Å²) in [4.78, 5) is 1.45. The van der Waals surface area contributed by atoms with Crippen molar-refractivity contribution in [3.05, 3.63) is 52.2 Å². The zero-order chi connectivity index (χ0) is 13.8. The molecular formula is C17H21NOS. The fourth-order valence-corrected chi connectivity index (χ4v) is 3.69. The molecule has 2 unspecified atom stereocenters. The number of fused-ring (bicyclic) bond motifs is 1. The van der Waals surface area contributed by atoms with Crippen molar-refractivity contribution in [1.82, 2.24) is 5.32 Å². The first-order chi connectivity index (χ1) is 9.86. The summed E-state index contributed by atoms with van der Waals surface area (Å²) >= 11 is 1.85. The molecule has 106 valence electrons. The molecule has 0 aliphatic carbocycles. The van der Waals surface area contributed by atoms with E-state index in [2.05, 4.69) is 48.0 Å². The number of nitrogens with one attached hydrogen (secondary N) is 1. The first-order valence-electron chi connectivity index (χ1n) is 7.33. The van der Waals surface area contributed by atoms with Gasteiger partial charge in [-0.25, -0.2) is 0 Å². The molecule has 1 aliphatic rings. The van der Waals surface area contributed by atoms with Crippen LogP contribution in [0.4, 0.5) is 0 Å². The van der Waals surface area contributed by atoms with Crippen LogP contribution in [0, 0.1) is 5.92 Å². The van der Waals surface area contributed by atoms with Crippen LogP contribution in [0.15, 0.2) is 41.8 Å². The van der Waals surface area contributed by atoms with E-state index in [4.69, 9.17) is 4.74 Å². The standard InChI is InChI=1S/C17H21NOS/c1-2-18-16(11-15-7-5-9-20-15)14-10-13-6-3-4-8-17(13)19-12-14/h3-9,14,16,18H,2,10-12H2,1H3. The first kappa shape index (κ1) is 13.7. The van der Waals surface area contributed by atoms with Gasteiger partial charge in [0.2, 0.25) is 0 Å². The van der Waals surface area contributed by atoms with Crippen LogP contribution in [-0.2, 0) is 12.8 Å². The number of hydrogen-bond acceptors (Lipinski definition) is 3. The molecule has 0 saturated carbocycles. The van der Waals surface area contributed by atoms with Gasteiger partial charge in [0.25, 0.3) is 0 Å². The van der Waals surface area contributed by atoms with Gasteiger partial charge in [0.15, 0.2) is 0 Å². The molecule has 0 saturated heterocycles. The highest BCUT2D eigenvalue weighted by atomic mass is 32.1. The molecule has 0 amide bonds. The lowest BCUT2D eigenvalue weighted by Gasteiger charge is -2.32. The van der Waals surface area contributed by atoms with Crippen LogP contribution in [0.3, 0.4) is 0 Å². The second-order valence-corrected chi connectivity index (χ2v) is 6.36. The molecule has 20 heavy (non-hydrogen) atoms. The molecule has 2 atom stereocenters. The average molecular weight is 287 g/mol. The fraction of sp³-hybridized carbons (Fsp3) is 0.412. The molecule has 0 radical (unpaired) electrons. The van der Waals surface area contributed by atoms with Crippen molar-refractivity contribution in [3.63, 3.8) is 0 Å². The maximum Gasteiger partial charge on any atom is 0.122 e. The number of likely N-dealkylation sites (N-methyl/N-ethyl adjacent to an activating group) is 1. The minimum atomic E-state index is 0.493. The van der Waals surface area contributed by atoms with E-state index in [9.17, 15) is 0 Å². The molecule has 2 aromatic rings. The maximum atomic E-state index is 5.95. The van der Waals surface area contributed by atoms with E-state index in [1.165, 1.54) is 10.4 Å². The second kappa shape index (κ2) is 6.42. The summed E-state index contributed by atoms with van der Waals surface area (Å²) in [5, 5.41) is 5.81. The van der Waals surface area contributed by atoms with Crippen LogP contribution in [-0.4, -0.2) is 19.2 Å². The Labute approximate surface area is 124 Å². The highest BCUT2D eigenvalue weighted by Crippen LogP contribution is 2.29. The smallest absolute Gasteiger partial charge is 0.122 e. The Bertz CT molecular complexity index is 538. The summed E-state index contributed by atoms with van der Waals surface area (Å²) in [5.41, 5.74) is 1.35. The van der Waals surface area contributed by atoms with Crippen molar-refractivity contribution in [2.75, 3.05) is 13.2 Å². The van der Waals surface area contributed by atoms with Gasteiger partial charge in [-0.05, 0) is 42.5 Å². The van der Waals surface area contributed by atoms with Crippen molar-refractivity contribution in [2.45, 2.75) is 25.8 Å². The monoisotopic (exact) mass is 287 g/mol. The molecule has 1 aromatic carbocycles. The van der Waals surface area contributed by atoms with Crippen molar-refractivity contribution in [1.29, 1.82) is 0 Å². The van der Waals surface area contributed by atoms with Gasteiger partial charge >= 0.3 is 0 Å². The summed E-state index contributed by atoms with van der Waals surface area (Å²) in [7, 11) is 0. The van der Waals surface area contributed by atoms with E-state index in [1.54, 1.807) is 0 Å². The first-order valence-corrected chi connectivity index (χ1v) is 8.21. The summed E-state index contributed by atoms with van der Waals surface area (Å²) in [5.74, 6) is 1.61. The SMILES string of the molecule is CCNC(Cc1cccs1)C1COc2ccccc2C1. The Kier molecular flexibility index (Phi) is 4.38. The second-order valence-electron chi connectivity index (χ2n) is 5.33. The molecule has 1 aliphatic heterocycles. The average Bonchev–Trinajstić information content (AvgIpc) is 2.99. The number of ether oxygens (including phenoxy) is 1. The summed E-state index contributed by atoms with van der Waals surface area (Å²) in [6.45, 7) is 4.01. The van der Waals surface area contributed by atoms with Crippen molar-refractivity contribution in [3.8, 4) is 5.75 Å². The summed E-state index contributed by atoms with van der Waals surface area (Å²) < 4.78 is 5.95. The van der Waals surface area contributed by atoms with Gasteiger partial charge in [0, 0.05) is 16.8 Å². The van der Waals surface area contributed by atoms with Gasteiger partial charge in [-0.1, -0.05) is 31.2 Å². The van der Waals surface area contributed by atoms with Crippen LogP contribution in [0.25, 0.3) is 0 Å². The largest absolute Gasteiger partial charge is 0.493 e. The molecule has 1 N–H and O–H groups in total. The van der Waals surface area contributed by atoms with Crippen molar-refractivity contribution >= 4 is 11.3 Å². The molecule has 0 fully saturated rings. The third-order valence-electron chi connectivity index (χ3n) is 3.94. The Balaban J connectivity index is 1.72. The van der Waals surface area contributed by atoms with E-state index in [0.29, 0.717) is 12.0 Å². The van der Waals surface area contributed by atoms with E-state index < -0.39 is 0 Å². The van der Waals surface area contributed by atoms with Gasteiger partial charge in [0.1, 0.15) is 5.75 Å². The zero-order valence-electron chi connectivity index (χ0n) is 11.8. The van der Waals surface area contributed by atoms with Crippen LogP contribution in [0.1, 0.15) is 17.4 Å². The minimum Gasteiger partial charge on any atom is -0.493 e. The van der Waals surface area contributed by atoms with Crippen LogP contribution in [0.2, 0.25) is 0 Å². The van der Waals surface area contributed by atoms with E-state index >= 15 is 0 Å². The van der Waals surface area contributed by atoms with Gasteiger partial charge < -0.3 is 10.1 Å². The van der Waals surface area contributed by atoms with E-state index in [1.807, 2.05) is 17.4 Å². The van der Waals surface area contributed by atoms with Crippen LogP contribution in [0.5, 0.6) is 5.75 Å². The predicted molar refractivity (Wildman–Crippen MR) is 84.6 cm³/mol. The number of rotatable bonds is 5. The Hall–Kier alpha value is -1.32. The predicted octanol–water partition coefficient (Wildman–Crippen LogP) is 3.52. The highest BCUT2D eigenvalue weighted by Gasteiger charge is 2.27. The van der Waals surface area contributed by atoms with Crippen LogP contribution >= 0.6 is 11.3 Å². The normalized spacial score (nSPS) is 19.1. The Morgan fingerprint density at radius 1 is 1.30 bits per heavy atom. The van der Waals surface area contributed by atoms with Gasteiger partial charge in [-0.15, -0.1) is 11.3 Å². The highest BCUT2D eigenvalue weighted by molar-refractivity contribution is 7.09. The lowest BCUT2D eigenvalue weighted by atomic mass is 9.88. The van der Waals surface area contributed by atoms with Gasteiger partial charge in [-0.2, -0.15) is 0 Å². The summed E-state index contributed by atoms with van der Waals surface area (Å²) in [6.07, 6.45) is 2.21. The minimum absolute atomic E-state index is 0.493. The molecule has 3 rings (SSSR count). The summed E-state index contributed by atoms with van der Waals surface area (Å²) in [6, 6.07) is 13.3. The van der Waals surface area contributed by atoms with E-state index in [0.717, 1.165) is 31.7 Å². The van der Waals surface area contributed by atoms with Gasteiger partial charge in [-0.3, -0.25) is 0 Å². The lowest BCUT2D eigenvalue weighted by molar-refractivity contribution is 0.184. The zero-order valence-corrected chi connectivity index (χ0v) is 12.7. The van der Waals surface area contributed by atoms with Crippen LogP contribution < -0.4 is 10.1 Å². The fourth-order valence-electron chi connectivity index (χ4n) is 2.92. The molecule has 0 bridgehead atoms. The number of benzene rings is 1.